The molecule has 0 N–H and O–H groups in total. The molecule has 0 bridgehead atoms. The van der Waals surface area contributed by atoms with E-state index in [9.17, 15) is 27.2 Å². The summed E-state index contributed by atoms with van der Waals surface area (Å²) >= 11 is 13.3. The number of thiazole rings is 1. The Balaban J connectivity index is 1.65. The molecular formula is C32H24Cl2F4N2O5S. The van der Waals surface area contributed by atoms with Gasteiger partial charge in [0, 0.05) is 10.6 Å². The zero-order valence-corrected chi connectivity index (χ0v) is 26.5. The van der Waals surface area contributed by atoms with Gasteiger partial charge in [-0.15, -0.1) is 0 Å². The maximum absolute atomic E-state index is 14.4. The lowest BCUT2D eigenvalue weighted by Crippen LogP contribution is -2.41. The number of fused-ring (bicyclic) bond motifs is 1. The van der Waals surface area contributed by atoms with Gasteiger partial charge in [-0.3, -0.25) is 9.36 Å². The summed E-state index contributed by atoms with van der Waals surface area (Å²) in [5.74, 6) is -1.37. The van der Waals surface area contributed by atoms with E-state index in [0.29, 0.717) is 27.5 Å². The number of aromatic nitrogens is 1. The quantitative estimate of drug-likeness (QED) is 0.143. The molecular weight excluding hydrogens is 671 g/mol. The largest absolute Gasteiger partial charge is 0.490 e. The van der Waals surface area contributed by atoms with Crippen LogP contribution >= 0.6 is 34.5 Å². The Kier molecular flexibility index (Phi) is 9.90. The molecule has 0 unspecified atom stereocenters. The van der Waals surface area contributed by atoms with Gasteiger partial charge in [0.15, 0.2) is 22.0 Å². The molecule has 1 atom stereocenters. The molecule has 0 aliphatic carbocycles. The molecule has 1 aliphatic rings. The van der Waals surface area contributed by atoms with E-state index in [2.05, 4.69) is 4.99 Å². The van der Waals surface area contributed by atoms with Crippen molar-refractivity contribution in [3.63, 3.8) is 0 Å². The van der Waals surface area contributed by atoms with E-state index in [1.807, 2.05) is 0 Å². The number of rotatable bonds is 9. The average molecular weight is 696 g/mol. The Morgan fingerprint density at radius 1 is 1.04 bits per heavy atom. The van der Waals surface area contributed by atoms with Crippen LogP contribution in [0.4, 0.5) is 17.6 Å². The summed E-state index contributed by atoms with van der Waals surface area (Å²) in [6, 6.07) is 13.3. The minimum absolute atomic E-state index is 0.00267. The predicted molar refractivity (Wildman–Crippen MR) is 166 cm³/mol. The topological polar surface area (TPSA) is 79.1 Å². The number of hydrogen-bond donors (Lipinski definition) is 0. The van der Waals surface area contributed by atoms with Crippen molar-refractivity contribution < 1.29 is 36.6 Å². The van der Waals surface area contributed by atoms with Gasteiger partial charge in [-0.1, -0.05) is 64.9 Å². The number of hydrogen-bond acceptors (Lipinski definition) is 7. The van der Waals surface area contributed by atoms with Crippen LogP contribution in [0, 0.1) is 5.82 Å². The van der Waals surface area contributed by atoms with Gasteiger partial charge in [0.25, 0.3) is 5.56 Å². The Hall–Kier alpha value is -4.13. The molecule has 240 valence electrons. The van der Waals surface area contributed by atoms with Gasteiger partial charge in [-0.05, 0) is 61.4 Å². The molecule has 5 rings (SSSR count). The van der Waals surface area contributed by atoms with Crippen molar-refractivity contribution in [2.24, 2.45) is 4.99 Å². The van der Waals surface area contributed by atoms with Crippen LogP contribution in [0.1, 0.15) is 36.6 Å². The van der Waals surface area contributed by atoms with Crippen molar-refractivity contribution in [2.75, 3.05) is 13.2 Å². The lowest BCUT2D eigenvalue weighted by molar-refractivity contribution is -0.140. The molecule has 2 heterocycles. The third kappa shape index (κ3) is 6.84. The molecule has 46 heavy (non-hydrogen) atoms. The summed E-state index contributed by atoms with van der Waals surface area (Å²) in [6.07, 6.45) is -3.63. The fourth-order valence-corrected chi connectivity index (χ4v) is 6.19. The first-order chi connectivity index (χ1) is 21.9. The molecule has 14 heteroatoms. The Labute approximate surface area is 273 Å². The highest BCUT2D eigenvalue weighted by Gasteiger charge is 2.45. The second-order valence-corrected chi connectivity index (χ2v) is 11.6. The third-order valence-electron chi connectivity index (χ3n) is 6.74. The number of halogens is 6. The van der Waals surface area contributed by atoms with Crippen molar-refractivity contribution in [2.45, 2.75) is 32.7 Å². The molecule has 0 saturated carbocycles. The minimum Gasteiger partial charge on any atom is -0.490 e. The number of ether oxygens (including phenoxy) is 3. The van der Waals surface area contributed by atoms with Gasteiger partial charge < -0.3 is 14.2 Å². The van der Waals surface area contributed by atoms with E-state index in [-0.39, 0.29) is 51.2 Å². The van der Waals surface area contributed by atoms with Crippen LogP contribution in [0.3, 0.4) is 0 Å². The molecule has 0 amide bonds. The number of alkyl halides is 3. The van der Waals surface area contributed by atoms with E-state index in [4.69, 9.17) is 37.4 Å². The summed E-state index contributed by atoms with van der Waals surface area (Å²) in [5.41, 5.74) is -2.15. The molecule has 0 spiro atoms. The fourth-order valence-electron chi connectivity index (χ4n) is 4.79. The van der Waals surface area contributed by atoms with Gasteiger partial charge in [0.1, 0.15) is 12.4 Å². The number of esters is 1. The molecule has 7 nitrogen and oxygen atoms in total. The Morgan fingerprint density at radius 3 is 2.41 bits per heavy atom. The highest BCUT2D eigenvalue weighted by atomic mass is 35.5. The lowest BCUT2D eigenvalue weighted by atomic mass is 9.95. The molecule has 0 saturated heterocycles. The van der Waals surface area contributed by atoms with Crippen LogP contribution in [0.5, 0.6) is 11.5 Å². The first-order valence-electron chi connectivity index (χ1n) is 13.8. The van der Waals surface area contributed by atoms with E-state index < -0.39 is 40.8 Å². The monoisotopic (exact) mass is 694 g/mol. The van der Waals surface area contributed by atoms with Gasteiger partial charge in [0.2, 0.25) is 0 Å². The number of carbonyl (C=O) groups is 1. The van der Waals surface area contributed by atoms with Crippen molar-refractivity contribution in [1.82, 2.24) is 4.57 Å². The van der Waals surface area contributed by atoms with Crippen molar-refractivity contribution in [1.29, 1.82) is 0 Å². The predicted octanol–water partition coefficient (Wildman–Crippen LogP) is 6.76. The van der Waals surface area contributed by atoms with Gasteiger partial charge >= 0.3 is 12.1 Å². The number of nitrogens with zero attached hydrogens (tertiary/aromatic N) is 2. The average Bonchev–Trinajstić information content (AvgIpc) is 3.31. The molecule has 3 aromatic carbocycles. The molecule has 1 aliphatic heterocycles. The third-order valence-corrected chi connectivity index (χ3v) is 8.26. The summed E-state index contributed by atoms with van der Waals surface area (Å²) in [6.45, 7) is 3.06. The normalized spacial score (nSPS) is 15.0. The van der Waals surface area contributed by atoms with E-state index in [1.54, 1.807) is 25.1 Å². The summed E-state index contributed by atoms with van der Waals surface area (Å²) in [5, 5.41) is 0.390. The van der Waals surface area contributed by atoms with Crippen molar-refractivity contribution >= 4 is 46.6 Å². The van der Waals surface area contributed by atoms with E-state index >= 15 is 0 Å². The summed E-state index contributed by atoms with van der Waals surface area (Å²) < 4.78 is 74.7. The highest BCUT2D eigenvalue weighted by molar-refractivity contribution is 7.07. The number of carbonyl (C=O) groups excluding carboxylic acids is 1. The second-order valence-electron chi connectivity index (χ2n) is 9.76. The van der Waals surface area contributed by atoms with E-state index in [1.165, 1.54) is 55.5 Å². The molecule has 4 aromatic rings. The van der Waals surface area contributed by atoms with Gasteiger partial charge in [0.05, 0.1) is 34.4 Å². The summed E-state index contributed by atoms with van der Waals surface area (Å²) in [4.78, 5) is 30.4. The second kappa shape index (κ2) is 13.7. The van der Waals surface area contributed by atoms with Crippen LogP contribution in [0.2, 0.25) is 10.0 Å². The van der Waals surface area contributed by atoms with Crippen LogP contribution in [0.15, 0.2) is 81.7 Å². The minimum atomic E-state index is -5.04. The molecule has 0 fully saturated rings. The Bertz CT molecular complexity index is 2010. The maximum Gasteiger partial charge on any atom is 0.434 e. The molecule has 1 aromatic heterocycles. The van der Waals surface area contributed by atoms with Crippen molar-refractivity contribution in [3.05, 3.63) is 124 Å². The van der Waals surface area contributed by atoms with Crippen LogP contribution in [-0.2, 0) is 16.1 Å². The fraction of sp³-hybridized carbons (Fsp3) is 0.219. The van der Waals surface area contributed by atoms with E-state index in [0.717, 1.165) is 4.57 Å². The maximum atomic E-state index is 14.4. The highest BCUT2D eigenvalue weighted by Crippen LogP contribution is 2.39. The Morgan fingerprint density at radius 2 is 1.76 bits per heavy atom. The molecule has 0 radical (unpaired) electrons. The zero-order chi connectivity index (χ0) is 33.2. The number of benzene rings is 3. The van der Waals surface area contributed by atoms with Gasteiger partial charge in [-0.25, -0.2) is 14.2 Å². The van der Waals surface area contributed by atoms with Gasteiger partial charge in [-0.2, -0.15) is 13.2 Å². The summed E-state index contributed by atoms with van der Waals surface area (Å²) in [7, 11) is 0. The first-order valence-corrected chi connectivity index (χ1v) is 15.4. The lowest BCUT2D eigenvalue weighted by Gasteiger charge is -2.26. The first kappa shape index (κ1) is 33.2. The SMILES string of the molecule is CCOC(=O)C1=C(C(F)(F)F)N=c2s/c(=C\c3cc(Cl)c(OCc4ccccc4F)c(OCC)c3)c(=O)n2[C@H]1c1ccc(Cl)cc1. The number of allylic oxidation sites excluding steroid dienone is 1. The van der Waals surface area contributed by atoms with Crippen molar-refractivity contribution in [3.8, 4) is 11.5 Å². The van der Waals surface area contributed by atoms with Crippen LogP contribution in [0.25, 0.3) is 6.08 Å². The zero-order valence-electron chi connectivity index (χ0n) is 24.2. The standard InChI is InChI=1S/C32H24Cl2F4N2O5S/c1-3-43-23-14-17(13-21(34)27(23)45-16-19-7-5-6-8-22(19)35)15-24-29(41)40-26(18-9-11-20(33)12-10-18)25(30(42)44-4-2)28(32(36,37)38)39-31(40)46-24/h5-15,26H,3-4,16H2,1-2H3/b24-15-/t26-/m0/s1. The smallest absolute Gasteiger partial charge is 0.434 e. The van der Waals surface area contributed by atoms with Crippen LogP contribution in [-0.4, -0.2) is 29.9 Å². The van der Waals surface area contributed by atoms with Crippen LogP contribution < -0.4 is 24.4 Å².